The largest absolute Gasteiger partial charge is 0.465 e. The fourth-order valence-corrected chi connectivity index (χ4v) is 1.90. The highest BCUT2D eigenvalue weighted by Crippen LogP contribution is 2.24. The van der Waals surface area contributed by atoms with Gasteiger partial charge >= 0.3 is 5.97 Å². The van der Waals surface area contributed by atoms with Gasteiger partial charge in [-0.05, 0) is 19.4 Å². The average Bonchev–Trinajstić information content (AvgIpc) is 2.76. The fourth-order valence-electron chi connectivity index (χ4n) is 1.90. The number of hydrogen-bond donors (Lipinski definition) is 2. The van der Waals surface area contributed by atoms with Crippen molar-refractivity contribution in [1.29, 1.82) is 0 Å². The lowest BCUT2D eigenvalue weighted by molar-refractivity contribution is -0.144. The van der Waals surface area contributed by atoms with Gasteiger partial charge in [-0.15, -0.1) is 5.10 Å². The third-order valence-corrected chi connectivity index (χ3v) is 2.69. The molecule has 6 heteroatoms. The molecule has 0 aliphatic rings. The van der Waals surface area contributed by atoms with Gasteiger partial charge in [0, 0.05) is 0 Å². The lowest BCUT2D eigenvalue weighted by atomic mass is 9.97. The first kappa shape index (κ1) is 13.1. The van der Waals surface area contributed by atoms with Crippen LogP contribution in [-0.2, 0) is 9.53 Å². The molecule has 0 radical (unpaired) electrons. The van der Waals surface area contributed by atoms with Crippen molar-refractivity contribution >= 4 is 11.9 Å². The van der Waals surface area contributed by atoms with Crippen LogP contribution in [0.1, 0.15) is 29.8 Å². The van der Waals surface area contributed by atoms with E-state index in [9.17, 15) is 4.79 Å². The maximum absolute atomic E-state index is 12.1. The number of H-pyrrole nitrogens is 1. The minimum absolute atomic E-state index is 0.108. The summed E-state index contributed by atoms with van der Waals surface area (Å²) in [5, 5.41) is 6.44. The summed E-state index contributed by atoms with van der Waals surface area (Å²) in [4.78, 5) is 16.1. The number of aromatic nitrogens is 3. The Bertz CT molecular complexity index is 580. The van der Waals surface area contributed by atoms with Gasteiger partial charge in [-0.25, -0.2) is 0 Å². The van der Waals surface area contributed by atoms with Crippen LogP contribution in [-0.4, -0.2) is 27.8 Å². The number of nitrogens with two attached hydrogens (primary N) is 1. The van der Waals surface area contributed by atoms with Crippen molar-refractivity contribution in [2.75, 3.05) is 12.3 Å². The second-order valence-corrected chi connectivity index (χ2v) is 4.18. The minimum Gasteiger partial charge on any atom is -0.465 e. The van der Waals surface area contributed by atoms with Gasteiger partial charge in [-0.3, -0.25) is 9.89 Å². The van der Waals surface area contributed by atoms with Crippen LogP contribution in [0.4, 0.5) is 5.95 Å². The van der Waals surface area contributed by atoms with E-state index in [1.807, 2.05) is 31.2 Å². The van der Waals surface area contributed by atoms with Crippen molar-refractivity contribution in [3.8, 4) is 0 Å². The highest BCUT2D eigenvalue weighted by molar-refractivity contribution is 5.81. The Kier molecular flexibility index (Phi) is 3.79. The lowest BCUT2D eigenvalue weighted by Gasteiger charge is -2.13. The first-order valence-electron chi connectivity index (χ1n) is 6.02. The van der Waals surface area contributed by atoms with Crippen LogP contribution in [0.15, 0.2) is 24.3 Å². The van der Waals surface area contributed by atoms with E-state index in [-0.39, 0.29) is 11.9 Å². The molecule has 0 saturated heterocycles. The number of aromatic amines is 1. The van der Waals surface area contributed by atoms with Gasteiger partial charge in [0.1, 0.15) is 11.7 Å². The van der Waals surface area contributed by atoms with Crippen LogP contribution >= 0.6 is 0 Å². The number of anilines is 1. The number of hydrogen-bond acceptors (Lipinski definition) is 5. The lowest BCUT2D eigenvalue weighted by Crippen LogP contribution is -2.18. The van der Waals surface area contributed by atoms with Crippen molar-refractivity contribution in [1.82, 2.24) is 15.2 Å². The second kappa shape index (κ2) is 5.51. The molecule has 1 aromatic carbocycles. The predicted molar refractivity (Wildman–Crippen MR) is 70.5 cm³/mol. The minimum atomic E-state index is -0.635. The van der Waals surface area contributed by atoms with E-state index < -0.39 is 5.92 Å². The van der Waals surface area contributed by atoms with Crippen molar-refractivity contribution in [3.63, 3.8) is 0 Å². The Morgan fingerprint density at radius 3 is 2.89 bits per heavy atom. The van der Waals surface area contributed by atoms with Gasteiger partial charge in [0.15, 0.2) is 0 Å². The number of ether oxygens (including phenoxy) is 1. The van der Waals surface area contributed by atoms with E-state index in [1.165, 1.54) is 0 Å². The number of nitrogen functional groups attached to an aromatic ring is 1. The number of rotatable bonds is 4. The Balaban J connectivity index is 2.42. The van der Waals surface area contributed by atoms with E-state index in [2.05, 4.69) is 15.2 Å². The molecule has 100 valence electrons. The van der Waals surface area contributed by atoms with E-state index in [1.54, 1.807) is 6.92 Å². The molecule has 0 spiro atoms. The number of esters is 1. The highest BCUT2D eigenvalue weighted by Gasteiger charge is 2.27. The summed E-state index contributed by atoms with van der Waals surface area (Å²) >= 11 is 0. The third-order valence-electron chi connectivity index (χ3n) is 2.69. The molecule has 1 unspecified atom stereocenters. The Hall–Kier alpha value is -2.37. The van der Waals surface area contributed by atoms with Gasteiger partial charge in [0.25, 0.3) is 0 Å². The van der Waals surface area contributed by atoms with Gasteiger partial charge in [-0.2, -0.15) is 4.98 Å². The number of nitrogens with zero attached hydrogens (tertiary/aromatic N) is 2. The Morgan fingerprint density at radius 2 is 2.32 bits per heavy atom. The standard InChI is InChI=1S/C13H16N4O2/c1-3-19-12(18)10(11-15-13(14)17-16-11)9-6-4-5-8(2)7-9/h4-7,10H,3H2,1-2H3,(H3,14,15,16,17). The second-order valence-electron chi connectivity index (χ2n) is 4.18. The SMILES string of the molecule is CCOC(=O)C(c1cccc(C)c1)c1nc(N)n[nH]1. The number of benzene rings is 1. The van der Waals surface area contributed by atoms with Crippen LogP contribution in [0.3, 0.4) is 0 Å². The quantitative estimate of drug-likeness (QED) is 0.810. The van der Waals surface area contributed by atoms with Crippen LogP contribution < -0.4 is 5.73 Å². The number of aryl methyl sites for hydroxylation is 1. The van der Waals surface area contributed by atoms with Crippen molar-refractivity contribution in [3.05, 3.63) is 41.2 Å². The topological polar surface area (TPSA) is 93.9 Å². The van der Waals surface area contributed by atoms with Crippen LogP contribution in [0.2, 0.25) is 0 Å². The van der Waals surface area contributed by atoms with Crippen LogP contribution in [0.25, 0.3) is 0 Å². The van der Waals surface area contributed by atoms with Gasteiger partial charge in [0.05, 0.1) is 6.61 Å². The Labute approximate surface area is 111 Å². The van der Waals surface area contributed by atoms with Crippen molar-refractivity contribution < 1.29 is 9.53 Å². The fraction of sp³-hybridized carbons (Fsp3) is 0.308. The molecule has 1 atom stereocenters. The summed E-state index contributed by atoms with van der Waals surface area (Å²) in [5.41, 5.74) is 7.35. The molecule has 0 aliphatic heterocycles. The summed E-state index contributed by atoms with van der Waals surface area (Å²) in [6, 6.07) is 7.62. The normalized spacial score (nSPS) is 12.1. The predicted octanol–water partition coefficient (Wildman–Crippen LogP) is 1.39. The monoisotopic (exact) mass is 260 g/mol. The molecule has 3 N–H and O–H groups in total. The number of carbonyl (C=O) groups is 1. The molecule has 1 heterocycles. The molecule has 0 amide bonds. The highest BCUT2D eigenvalue weighted by atomic mass is 16.5. The summed E-state index contributed by atoms with van der Waals surface area (Å²) in [7, 11) is 0. The maximum Gasteiger partial charge on any atom is 0.321 e. The molecule has 1 aromatic heterocycles. The Morgan fingerprint density at radius 1 is 1.53 bits per heavy atom. The van der Waals surface area contributed by atoms with Crippen LogP contribution in [0, 0.1) is 6.92 Å². The molecule has 19 heavy (non-hydrogen) atoms. The van der Waals surface area contributed by atoms with Gasteiger partial charge < -0.3 is 10.5 Å². The zero-order valence-corrected chi connectivity index (χ0v) is 10.9. The molecule has 2 aromatic rings. The van der Waals surface area contributed by atoms with E-state index in [0.717, 1.165) is 11.1 Å². The van der Waals surface area contributed by atoms with E-state index in [4.69, 9.17) is 10.5 Å². The molecule has 0 aliphatic carbocycles. The molecule has 6 nitrogen and oxygen atoms in total. The third kappa shape index (κ3) is 2.90. The molecule has 2 rings (SSSR count). The first-order chi connectivity index (χ1) is 9.11. The van der Waals surface area contributed by atoms with Gasteiger partial charge in [0.2, 0.25) is 5.95 Å². The van der Waals surface area contributed by atoms with Crippen molar-refractivity contribution in [2.45, 2.75) is 19.8 Å². The molecular formula is C13H16N4O2. The molecule has 0 saturated carbocycles. The van der Waals surface area contributed by atoms with Gasteiger partial charge in [-0.1, -0.05) is 29.8 Å². The molecule has 0 bridgehead atoms. The maximum atomic E-state index is 12.1. The zero-order valence-electron chi connectivity index (χ0n) is 10.9. The molecule has 0 fully saturated rings. The summed E-state index contributed by atoms with van der Waals surface area (Å²) in [6.07, 6.45) is 0. The summed E-state index contributed by atoms with van der Waals surface area (Å²) < 4.78 is 5.09. The zero-order chi connectivity index (χ0) is 13.8. The summed E-state index contributed by atoms with van der Waals surface area (Å²) in [6.45, 7) is 4.03. The number of carbonyl (C=O) groups excluding carboxylic acids is 1. The van der Waals surface area contributed by atoms with Crippen LogP contribution in [0.5, 0.6) is 0 Å². The van der Waals surface area contributed by atoms with E-state index >= 15 is 0 Å². The summed E-state index contributed by atoms with van der Waals surface area (Å²) in [5.74, 6) is -0.507. The van der Waals surface area contributed by atoms with Crippen molar-refractivity contribution in [2.24, 2.45) is 0 Å². The first-order valence-corrected chi connectivity index (χ1v) is 6.02. The smallest absolute Gasteiger partial charge is 0.321 e. The molecular weight excluding hydrogens is 244 g/mol. The average molecular weight is 260 g/mol. The van der Waals surface area contributed by atoms with E-state index in [0.29, 0.717) is 12.4 Å². The number of nitrogens with one attached hydrogen (secondary N) is 1.